The Morgan fingerprint density at radius 3 is 2.45 bits per heavy atom. The highest BCUT2D eigenvalue weighted by molar-refractivity contribution is 6.31. The molecule has 5 rings (SSSR count). The highest BCUT2D eigenvalue weighted by Gasteiger charge is 2.47. The van der Waals surface area contributed by atoms with Gasteiger partial charge in [-0.3, -0.25) is 15.2 Å². The molecule has 0 aromatic heterocycles. The quantitative estimate of drug-likeness (QED) is 0.345. The number of piperidine rings is 1. The summed E-state index contributed by atoms with van der Waals surface area (Å²) in [5.41, 5.74) is 1.82. The zero-order chi connectivity index (χ0) is 28.3. The number of carbonyl (C=O) groups is 2. The lowest BCUT2D eigenvalue weighted by molar-refractivity contribution is 0.00327. The van der Waals surface area contributed by atoms with Crippen LogP contribution in [0.15, 0.2) is 54.2 Å². The highest BCUT2D eigenvalue weighted by atomic mass is 35.5. The van der Waals surface area contributed by atoms with E-state index in [9.17, 15) is 14.0 Å². The van der Waals surface area contributed by atoms with E-state index in [1.165, 1.54) is 43.5 Å². The van der Waals surface area contributed by atoms with Gasteiger partial charge in [0.15, 0.2) is 0 Å². The zero-order valence-electron chi connectivity index (χ0n) is 22.3. The van der Waals surface area contributed by atoms with Crippen molar-refractivity contribution < 1.29 is 23.8 Å². The Balaban J connectivity index is 1.25. The van der Waals surface area contributed by atoms with E-state index in [-0.39, 0.29) is 10.6 Å². The number of benzene rings is 2. The summed E-state index contributed by atoms with van der Waals surface area (Å²) in [5.74, 6) is -1.53. The minimum atomic E-state index is -1.02. The molecule has 8 nitrogen and oxygen atoms in total. The number of amides is 1. The molecule has 2 aromatic carbocycles. The van der Waals surface area contributed by atoms with E-state index in [1.54, 1.807) is 23.1 Å². The first-order chi connectivity index (χ1) is 19.2. The summed E-state index contributed by atoms with van der Waals surface area (Å²) in [7, 11) is 0. The van der Waals surface area contributed by atoms with Gasteiger partial charge in [-0.25, -0.2) is 14.0 Å². The summed E-state index contributed by atoms with van der Waals surface area (Å²) < 4.78 is 19.7. The van der Waals surface area contributed by atoms with Gasteiger partial charge in [0.05, 0.1) is 22.8 Å². The number of hydrogen-bond acceptors (Lipinski definition) is 6. The van der Waals surface area contributed by atoms with Crippen molar-refractivity contribution in [3.05, 3.63) is 76.2 Å². The summed E-state index contributed by atoms with van der Waals surface area (Å²) in [5, 5.41) is 21.6. The molecule has 2 aromatic rings. The predicted molar refractivity (Wildman–Crippen MR) is 152 cm³/mol. The molecule has 1 spiro atoms. The summed E-state index contributed by atoms with van der Waals surface area (Å²) >= 11 is 6.02. The molecule has 2 heterocycles. The monoisotopic (exact) mass is 568 g/mol. The maximum Gasteiger partial charge on any atom is 0.415 e. The van der Waals surface area contributed by atoms with Gasteiger partial charge >= 0.3 is 12.1 Å². The number of hydrogen-bond donors (Lipinski definition) is 3. The smallest absolute Gasteiger partial charge is 0.415 e. The molecule has 3 aliphatic rings. The lowest BCUT2D eigenvalue weighted by atomic mass is 9.90. The summed E-state index contributed by atoms with van der Waals surface area (Å²) in [4.78, 5) is 27.7. The number of nitrogens with one attached hydrogen (secondary N) is 2. The third kappa shape index (κ3) is 6.31. The first-order valence-corrected chi connectivity index (χ1v) is 14.2. The van der Waals surface area contributed by atoms with Gasteiger partial charge < -0.3 is 15.2 Å². The van der Waals surface area contributed by atoms with E-state index in [2.05, 4.69) is 10.2 Å². The minimum Gasteiger partial charge on any atom is -0.478 e. The Hall–Kier alpha value is -3.43. The summed E-state index contributed by atoms with van der Waals surface area (Å²) in [6.45, 7) is 2.29. The summed E-state index contributed by atoms with van der Waals surface area (Å²) in [6, 6.07) is 11.0. The van der Waals surface area contributed by atoms with E-state index >= 15 is 0 Å². The molecule has 2 aliphatic heterocycles. The van der Waals surface area contributed by atoms with Crippen LogP contribution in [0.25, 0.3) is 0 Å². The number of likely N-dealkylation sites (tertiary alicyclic amines) is 1. The van der Waals surface area contributed by atoms with Crippen LogP contribution in [-0.2, 0) is 4.74 Å². The van der Waals surface area contributed by atoms with Crippen LogP contribution >= 0.6 is 11.6 Å². The number of anilines is 1. The third-order valence-corrected chi connectivity index (χ3v) is 8.48. The number of halogens is 2. The number of carboxylic acids is 1. The van der Waals surface area contributed by atoms with Crippen molar-refractivity contribution in [3.8, 4) is 0 Å². The second kappa shape index (κ2) is 12.0. The van der Waals surface area contributed by atoms with E-state index in [4.69, 9.17) is 26.9 Å². The maximum absolute atomic E-state index is 13.8. The van der Waals surface area contributed by atoms with Gasteiger partial charge in [0.2, 0.25) is 0 Å². The zero-order valence-corrected chi connectivity index (χ0v) is 23.1. The first-order valence-electron chi connectivity index (χ1n) is 13.8. The summed E-state index contributed by atoms with van der Waals surface area (Å²) in [6.07, 6.45) is 8.65. The molecule has 212 valence electrons. The fourth-order valence-corrected chi connectivity index (χ4v) is 5.93. The van der Waals surface area contributed by atoms with E-state index in [0.29, 0.717) is 62.0 Å². The maximum atomic E-state index is 13.8. The Morgan fingerprint density at radius 2 is 1.80 bits per heavy atom. The van der Waals surface area contributed by atoms with Crippen LogP contribution in [0.2, 0.25) is 5.02 Å². The van der Waals surface area contributed by atoms with Gasteiger partial charge in [0.25, 0.3) is 0 Å². The SMILES string of the molecule is N=C(/C(=C\NC1CCCCC1)CN1CCC2(CC1)CN(c1ccc(C(=O)O)cc1)C(=O)O2)c1ccc(F)c(Cl)c1. The Labute approximate surface area is 238 Å². The molecule has 1 saturated carbocycles. The first kappa shape index (κ1) is 28.1. The van der Waals surface area contributed by atoms with E-state index in [0.717, 1.165) is 18.4 Å². The molecule has 3 N–H and O–H groups in total. The molecule has 40 heavy (non-hydrogen) atoms. The predicted octanol–water partition coefficient (Wildman–Crippen LogP) is 5.84. The molecule has 10 heteroatoms. The molecule has 0 atom stereocenters. The normalized spacial score (nSPS) is 20.0. The standard InChI is InChI=1S/C30H34ClFN4O4/c31-25-16-21(8-11-26(25)32)27(33)22(17-34-23-4-2-1-3-5-23)18-35-14-12-30(13-15-35)19-36(29(39)40-30)24-9-6-20(7-10-24)28(37)38/h6-11,16-17,23,33-34H,1-5,12-15,18-19H2,(H,37,38)/b22-17-,33-27?. The van der Waals surface area contributed by atoms with Crippen LogP contribution in [-0.4, -0.2) is 65.6 Å². The van der Waals surface area contributed by atoms with Crippen molar-refractivity contribution in [1.29, 1.82) is 5.41 Å². The van der Waals surface area contributed by atoms with Crippen LogP contribution < -0.4 is 10.2 Å². The molecule has 0 unspecified atom stereocenters. The fourth-order valence-electron chi connectivity index (χ4n) is 5.75. The minimum absolute atomic E-state index is 0.00745. The molecule has 0 bridgehead atoms. The fraction of sp³-hybridized carbons (Fsp3) is 0.433. The van der Waals surface area contributed by atoms with Crippen LogP contribution in [0.1, 0.15) is 60.9 Å². The average Bonchev–Trinajstić information content (AvgIpc) is 3.29. The average molecular weight is 569 g/mol. The van der Waals surface area contributed by atoms with Gasteiger partial charge in [0, 0.05) is 61.5 Å². The van der Waals surface area contributed by atoms with Crippen molar-refractivity contribution in [2.75, 3.05) is 31.1 Å². The van der Waals surface area contributed by atoms with Crippen molar-refractivity contribution in [1.82, 2.24) is 10.2 Å². The van der Waals surface area contributed by atoms with Gasteiger partial charge in [-0.2, -0.15) is 0 Å². The third-order valence-electron chi connectivity index (χ3n) is 8.19. The number of ether oxygens (including phenoxy) is 1. The number of aromatic carboxylic acids is 1. The van der Waals surface area contributed by atoms with Crippen molar-refractivity contribution in [2.45, 2.75) is 56.6 Å². The second-order valence-electron chi connectivity index (χ2n) is 10.9. The van der Waals surface area contributed by atoms with Crippen LogP contribution in [0.5, 0.6) is 0 Å². The molecule has 0 radical (unpaired) electrons. The molecular formula is C30H34ClFN4O4. The topological polar surface area (TPSA) is 106 Å². The molecule has 2 saturated heterocycles. The van der Waals surface area contributed by atoms with Crippen LogP contribution in [0, 0.1) is 11.2 Å². The van der Waals surface area contributed by atoms with Gasteiger partial charge in [-0.05, 0) is 55.3 Å². The molecule has 1 aliphatic carbocycles. The van der Waals surface area contributed by atoms with Gasteiger partial charge in [-0.1, -0.05) is 30.9 Å². The molecule has 1 amide bonds. The van der Waals surface area contributed by atoms with Gasteiger partial charge in [-0.15, -0.1) is 0 Å². The number of carboxylic acid groups (broad SMARTS) is 1. The largest absolute Gasteiger partial charge is 0.478 e. The van der Waals surface area contributed by atoms with Crippen molar-refractivity contribution >= 4 is 35.1 Å². The van der Waals surface area contributed by atoms with Crippen LogP contribution in [0.3, 0.4) is 0 Å². The number of carbonyl (C=O) groups excluding carboxylic acids is 1. The highest BCUT2D eigenvalue weighted by Crippen LogP contribution is 2.36. The Morgan fingerprint density at radius 1 is 1.12 bits per heavy atom. The van der Waals surface area contributed by atoms with Crippen LogP contribution in [0.4, 0.5) is 14.9 Å². The van der Waals surface area contributed by atoms with E-state index < -0.39 is 23.5 Å². The lowest BCUT2D eigenvalue weighted by Crippen LogP contribution is -2.47. The van der Waals surface area contributed by atoms with E-state index in [1.807, 2.05) is 6.20 Å². The second-order valence-corrected chi connectivity index (χ2v) is 11.3. The number of rotatable bonds is 8. The molecule has 3 fully saturated rings. The Kier molecular flexibility index (Phi) is 8.42. The van der Waals surface area contributed by atoms with Gasteiger partial charge in [0.1, 0.15) is 11.4 Å². The Bertz CT molecular complexity index is 1300. The van der Waals surface area contributed by atoms with Crippen molar-refractivity contribution in [3.63, 3.8) is 0 Å². The molecular weight excluding hydrogens is 535 g/mol. The lowest BCUT2D eigenvalue weighted by Gasteiger charge is -2.37. The number of nitrogens with zero attached hydrogens (tertiary/aromatic N) is 2. The van der Waals surface area contributed by atoms with Crippen molar-refractivity contribution in [2.24, 2.45) is 0 Å².